The second kappa shape index (κ2) is 7.39. The lowest BCUT2D eigenvalue weighted by molar-refractivity contribution is 0.444. The van der Waals surface area contributed by atoms with Crippen LogP contribution in [0.4, 0.5) is 15.8 Å². The van der Waals surface area contributed by atoms with E-state index in [1.807, 2.05) is 24.3 Å². The summed E-state index contributed by atoms with van der Waals surface area (Å²) in [6, 6.07) is 19.8. The van der Waals surface area contributed by atoms with Crippen LogP contribution in [0.15, 0.2) is 65.1 Å². The van der Waals surface area contributed by atoms with Crippen molar-refractivity contribution in [2.45, 2.75) is 38.0 Å². The molecule has 4 aromatic rings. The van der Waals surface area contributed by atoms with Crippen molar-refractivity contribution in [1.82, 2.24) is 0 Å². The molecule has 5 rings (SSSR count). The minimum Gasteiger partial charge on any atom is -0.451 e. The van der Waals surface area contributed by atoms with Crippen molar-refractivity contribution in [1.29, 1.82) is 0 Å². The van der Waals surface area contributed by atoms with E-state index in [1.54, 1.807) is 6.07 Å². The molecular weight excluding hydrogens is 464 g/mol. The van der Waals surface area contributed by atoms with E-state index in [2.05, 4.69) is 50.2 Å². The molecule has 0 aliphatic heterocycles. The molecule has 1 heterocycles. The molecule has 1 fully saturated rings. The van der Waals surface area contributed by atoms with Gasteiger partial charge in [0.1, 0.15) is 0 Å². The molecule has 1 aliphatic carbocycles. The molecule has 0 atom stereocenters. The van der Waals surface area contributed by atoms with Gasteiger partial charge in [0.15, 0.2) is 17.0 Å². The first-order valence-electron chi connectivity index (χ1n) is 9.88. The second-order valence-electron chi connectivity index (χ2n) is 7.55. The van der Waals surface area contributed by atoms with Crippen LogP contribution in [0, 0.1) is 5.82 Å². The second-order valence-corrected chi connectivity index (χ2v) is 8.51. The van der Waals surface area contributed by atoms with Gasteiger partial charge in [0.2, 0.25) is 0 Å². The molecule has 2 nitrogen and oxygen atoms in total. The largest absolute Gasteiger partial charge is 0.451 e. The van der Waals surface area contributed by atoms with E-state index in [0.29, 0.717) is 11.5 Å². The number of furan rings is 1. The Bertz CT molecular complexity index is 1150. The number of hydrogen-bond donors (Lipinski definition) is 0. The highest BCUT2D eigenvalue weighted by Crippen LogP contribution is 2.44. The van der Waals surface area contributed by atoms with Gasteiger partial charge in [-0.2, -0.15) is 0 Å². The highest BCUT2D eigenvalue weighted by atomic mass is 127. The predicted molar refractivity (Wildman–Crippen MR) is 122 cm³/mol. The van der Waals surface area contributed by atoms with Crippen molar-refractivity contribution in [3.8, 4) is 0 Å². The maximum atomic E-state index is 14.3. The molecule has 142 valence electrons. The van der Waals surface area contributed by atoms with Gasteiger partial charge in [-0.05, 0) is 42.5 Å². The van der Waals surface area contributed by atoms with E-state index in [1.165, 1.54) is 49.4 Å². The van der Waals surface area contributed by atoms with E-state index in [-0.39, 0.29) is 5.82 Å². The monoisotopic (exact) mass is 485 g/mol. The third-order valence-corrected chi connectivity index (χ3v) is 6.90. The topological polar surface area (TPSA) is 16.4 Å². The van der Waals surface area contributed by atoms with Gasteiger partial charge in [0.25, 0.3) is 0 Å². The zero-order valence-electron chi connectivity index (χ0n) is 15.5. The van der Waals surface area contributed by atoms with Crippen molar-refractivity contribution >= 4 is 56.2 Å². The highest BCUT2D eigenvalue weighted by Gasteiger charge is 2.23. The summed E-state index contributed by atoms with van der Waals surface area (Å²) in [5.74, 6) is 0.289. The predicted octanol–water partition coefficient (Wildman–Crippen LogP) is 8.26. The molecule has 0 saturated heterocycles. The van der Waals surface area contributed by atoms with Crippen molar-refractivity contribution in [2.75, 3.05) is 3.11 Å². The van der Waals surface area contributed by atoms with Crippen molar-refractivity contribution < 1.29 is 8.81 Å². The van der Waals surface area contributed by atoms with E-state index in [4.69, 9.17) is 4.42 Å². The third-order valence-electron chi connectivity index (χ3n) is 5.86. The van der Waals surface area contributed by atoms with E-state index >= 15 is 0 Å². The van der Waals surface area contributed by atoms with Crippen LogP contribution in [0.2, 0.25) is 0 Å². The SMILES string of the molecule is Fc1cccc2c1oc1c(N(I)c3ccccc3C3CCCCC3)cccc12. The zero-order chi connectivity index (χ0) is 19.1. The quantitative estimate of drug-likeness (QED) is 0.215. The number of hydrogen-bond acceptors (Lipinski definition) is 2. The lowest BCUT2D eigenvalue weighted by atomic mass is 9.83. The Morgan fingerprint density at radius 1 is 0.786 bits per heavy atom. The average molecular weight is 485 g/mol. The molecule has 0 radical (unpaired) electrons. The number of benzene rings is 3. The smallest absolute Gasteiger partial charge is 0.171 e. The maximum absolute atomic E-state index is 14.3. The van der Waals surface area contributed by atoms with Gasteiger partial charge in [-0.1, -0.05) is 61.7 Å². The Hall–Kier alpha value is -2.08. The van der Waals surface area contributed by atoms with Gasteiger partial charge in [-0.3, -0.25) is 3.11 Å². The molecule has 0 N–H and O–H groups in total. The highest BCUT2D eigenvalue weighted by molar-refractivity contribution is 14.1. The van der Waals surface area contributed by atoms with Crippen LogP contribution in [-0.4, -0.2) is 0 Å². The van der Waals surface area contributed by atoms with E-state index in [9.17, 15) is 4.39 Å². The van der Waals surface area contributed by atoms with Gasteiger partial charge in [-0.25, -0.2) is 4.39 Å². The van der Waals surface area contributed by atoms with Crippen LogP contribution in [0.25, 0.3) is 21.9 Å². The summed E-state index contributed by atoms with van der Waals surface area (Å²) in [5.41, 5.74) is 4.61. The van der Waals surface area contributed by atoms with Gasteiger partial charge in [0.05, 0.1) is 34.2 Å². The molecule has 0 bridgehead atoms. The van der Waals surface area contributed by atoms with Crippen LogP contribution in [0.1, 0.15) is 43.6 Å². The van der Waals surface area contributed by atoms with Crippen molar-refractivity contribution in [2.24, 2.45) is 0 Å². The Balaban J connectivity index is 1.65. The number of para-hydroxylation sites is 3. The lowest BCUT2D eigenvalue weighted by Crippen LogP contribution is -2.10. The number of anilines is 2. The summed E-state index contributed by atoms with van der Waals surface area (Å²) in [6.07, 6.45) is 6.46. The molecule has 3 aromatic carbocycles. The molecule has 0 unspecified atom stereocenters. The number of fused-ring (bicyclic) bond motifs is 3. The fourth-order valence-corrected chi connectivity index (χ4v) is 5.30. The van der Waals surface area contributed by atoms with Gasteiger partial charge in [-0.15, -0.1) is 0 Å². The van der Waals surface area contributed by atoms with Crippen LogP contribution in [0.5, 0.6) is 0 Å². The molecule has 4 heteroatoms. The first kappa shape index (κ1) is 18.0. The summed E-state index contributed by atoms with van der Waals surface area (Å²) in [5, 5.41) is 1.77. The van der Waals surface area contributed by atoms with E-state index < -0.39 is 0 Å². The fourth-order valence-electron chi connectivity index (χ4n) is 4.48. The van der Waals surface area contributed by atoms with Crippen LogP contribution in [0.3, 0.4) is 0 Å². The minimum atomic E-state index is -0.317. The molecule has 28 heavy (non-hydrogen) atoms. The van der Waals surface area contributed by atoms with Crippen LogP contribution in [-0.2, 0) is 0 Å². The molecule has 1 aromatic heterocycles. The Labute approximate surface area is 177 Å². The van der Waals surface area contributed by atoms with E-state index in [0.717, 1.165) is 22.0 Å². The first-order valence-corrected chi connectivity index (χ1v) is 10.8. The fraction of sp³-hybridized carbons (Fsp3) is 0.250. The van der Waals surface area contributed by atoms with Crippen LogP contribution >= 0.6 is 22.9 Å². The van der Waals surface area contributed by atoms with Gasteiger partial charge >= 0.3 is 0 Å². The number of nitrogens with zero attached hydrogens (tertiary/aromatic N) is 1. The summed E-state index contributed by atoms with van der Waals surface area (Å²) < 4.78 is 22.5. The Morgan fingerprint density at radius 3 is 2.29 bits per heavy atom. The summed E-state index contributed by atoms with van der Waals surface area (Å²) >= 11 is 2.36. The van der Waals surface area contributed by atoms with Crippen LogP contribution < -0.4 is 3.11 Å². The normalized spacial score (nSPS) is 15.4. The number of rotatable bonds is 3. The van der Waals surface area contributed by atoms with Crippen molar-refractivity contribution in [3.63, 3.8) is 0 Å². The molecule has 1 saturated carbocycles. The molecular formula is C24H21FINO. The summed E-state index contributed by atoms with van der Waals surface area (Å²) in [4.78, 5) is 0. The minimum absolute atomic E-state index is 0.317. The summed E-state index contributed by atoms with van der Waals surface area (Å²) in [6.45, 7) is 0. The Kier molecular flexibility index (Phi) is 4.75. The zero-order valence-corrected chi connectivity index (χ0v) is 17.7. The van der Waals surface area contributed by atoms with Gasteiger partial charge < -0.3 is 4.42 Å². The standard InChI is InChI=1S/C24H21FINO/c25-20-13-6-11-18-19-12-7-15-22(24(19)28-23(18)20)27(26)21-14-5-4-10-17(21)16-8-2-1-3-9-16/h4-7,10-16H,1-3,8-9H2. The molecule has 0 spiro atoms. The molecule has 0 amide bonds. The van der Waals surface area contributed by atoms with Gasteiger partial charge in [0, 0.05) is 10.8 Å². The average Bonchev–Trinajstić information content (AvgIpc) is 3.14. The third kappa shape index (κ3) is 2.98. The first-order chi connectivity index (χ1) is 13.7. The Morgan fingerprint density at radius 2 is 1.46 bits per heavy atom. The number of halogens is 2. The lowest BCUT2D eigenvalue weighted by Gasteiger charge is -2.27. The molecule has 1 aliphatic rings. The summed E-state index contributed by atoms with van der Waals surface area (Å²) in [7, 11) is 0. The van der Waals surface area contributed by atoms with Crippen molar-refractivity contribution in [3.05, 3.63) is 72.0 Å². The maximum Gasteiger partial charge on any atom is 0.171 e.